The average Bonchev–Trinajstić information content (AvgIpc) is 3.50. The quantitative estimate of drug-likeness (QED) is 0.654. The minimum atomic E-state index is -0.485. The van der Waals surface area contributed by atoms with E-state index in [1.807, 2.05) is 29.5 Å². The van der Waals surface area contributed by atoms with E-state index in [1.54, 1.807) is 0 Å². The van der Waals surface area contributed by atoms with E-state index in [2.05, 4.69) is 44.2 Å². The summed E-state index contributed by atoms with van der Waals surface area (Å²) < 4.78 is 2.11. The third-order valence-corrected chi connectivity index (χ3v) is 8.48. The van der Waals surface area contributed by atoms with Crippen molar-refractivity contribution in [3.8, 4) is 10.7 Å². The van der Waals surface area contributed by atoms with Crippen LogP contribution in [0, 0.1) is 0 Å². The van der Waals surface area contributed by atoms with Crippen LogP contribution in [0.4, 0.5) is 11.6 Å². The van der Waals surface area contributed by atoms with Crippen molar-refractivity contribution in [2.45, 2.75) is 50.4 Å². The lowest BCUT2D eigenvalue weighted by molar-refractivity contribution is -0.120. The lowest BCUT2D eigenvalue weighted by atomic mass is 9.81. The van der Waals surface area contributed by atoms with Crippen LogP contribution < -0.4 is 10.2 Å². The molecular formula is C24H27N5OS. The fourth-order valence-electron chi connectivity index (χ4n) is 5.52. The maximum absolute atomic E-state index is 12.9. The molecule has 3 aromatic rings. The third kappa shape index (κ3) is 2.93. The molecule has 1 aliphatic carbocycles. The van der Waals surface area contributed by atoms with Crippen LogP contribution in [0.3, 0.4) is 0 Å². The van der Waals surface area contributed by atoms with Crippen LogP contribution in [0.2, 0.25) is 0 Å². The van der Waals surface area contributed by atoms with E-state index < -0.39 is 5.41 Å². The number of benzene rings is 1. The molecule has 1 amide bonds. The van der Waals surface area contributed by atoms with Crippen molar-refractivity contribution >= 4 is 28.9 Å². The minimum Gasteiger partial charge on any atom is -0.339 e. The smallest absolute Gasteiger partial charge is 0.236 e. The Morgan fingerprint density at radius 3 is 2.84 bits per heavy atom. The van der Waals surface area contributed by atoms with Crippen molar-refractivity contribution in [2.75, 3.05) is 23.3 Å². The monoisotopic (exact) mass is 433 g/mol. The van der Waals surface area contributed by atoms with Gasteiger partial charge in [-0.15, -0.1) is 21.5 Å². The molecule has 3 aliphatic rings. The molecule has 6 rings (SSSR count). The number of hydrogen-bond donors (Lipinski definition) is 1. The van der Waals surface area contributed by atoms with Gasteiger partial charge in [0.2, 0.25) is 11.9 Å². The summed E-state index contributed by atoms with van der Waals surface area (Å²) >= 11 is 1.88. The predicted octanol–water partition coefficient (Wildman–Crippen LogP) is 4.30. The number of carbonyl (C=O) groups excluding carboxylic acids is 1. The molecule has 0 radical (unpaired) electrons. The zero-order valence-corrected chi connectivity index (χ0v) is 18.7. The Morgan fingerprint density at radius 1 is 1.10 bits per heavy atom. The molecule has 2 aromatic heterocycles. The van der Waals surface area contributed by atoms with Crippen molar-refractivity contribution in [1.82, 2.24) is 14.8 Å². The second kappa shape index (κ2) is 7.19. The first-order valence-corrected chi connectivity index (χ1v) is 12.1. The molecular weight excluding hydrogens is 406 g/mol. The van der Waals surface area contributed by atoms with E-state index in [1.165, 1.54) is 53.8 Å². The normalized spacial score (nSPS) is 22.9. The highest BCUT2D eigenvalue weighted by Gasteiger charge is 2.51. The third-order valence-electron chi connectivity index (χ3n) is 7.25. The SMILES string of the molecule is Cn1c(-c2cc3c(s2)CCCCCC3)nnc1N1CCC2(C1)C(=O)Nc1ccccc12. The van der Waals surface area contributed by atoms with E-state index in [4.69, 9.17) is 0 Å². The molecule has 0 saturated carbocycles. The maximum Gasteiger partial charge on any atom is 0.236 e. The maximum atomic E-state index is 12.9. The number of nitrogens with zero attached hydrogens (tertiary/aromatic N) is 4. The van der Waals surface area contributed by atoms with Gasteiger partial charge in [0, 0.05) is 30.7 Å². The van der Waals surface area contributed by atoms with Crippen LogP contribution in [0.25, 0.3) is 10.7 Å². The van der Waals surface area contributed by atoms with Crippen LogP contribution >= 0.6 is 11.3 Å². The standard InChI is InChI=1S/C24H27N5OS/c1-28-21(20-14-16-8-4-2-3-5-11-19(16)31-20)26-27-23(28)29-13-12-24(15-29)17-9-6-7-10-18(17)25-22(24)30/h6-7,9-10,14H,2-5,8,11-13,15H2,1H3,(H,25,30). The molecule has 7 heteroatoms. The number of thiophene rings is 1. The molecule has 1 unspecified atom stereocenters. The van der Waals surface area contributed by atoms with Gasteiger partial charge in [0.1, 0.15) is 0 Å². The average molecular weight is 434 g/mol. The summed E-state index contributed by atoms with van der Waals surface area (Å²) in [6, 6.07) is 10.4. The fourth-order valence-corrected chi connectivity index (χ4v) is 6.80. The lowest BCUT2D eigenvalue weighted by Crippen LogP contribution is -2.38. The van der Waals surface area contributed by atoms with Gasteiger partial charge in [-0.05, 0) is 55.4 Å². The fraction of sp³-hybridized carbons (Fsp3) is 0.458. The number of carbonyl (C=O) groups is 1. The Labute approximate surface area is 186 Å². The van der Waals surface area contributed by atoms with Crippen LogP contribution in [-0.2, 0) is 30.1 Å². The Hall–Kier alpha value is -2.67. The molecule has 1 fully saturated rings. The molecule has 1 atom stereocenters. The molecule has 1 N–H and O–H groups in total. The van der Waals surface area contributed by atoms with Crippen molar-refractivity contribution < 1.29 is 4.79 Å². The number of nitrogens with one attached hydrogen (secondary N) is 1. The number of amides is 1. The number of para-hydroxylation sites is 1. The van der Waals surface area contributed by atoms with Crippen molar-refractivity contribution in [1.29, 1.82) is 0 Å². The topological polar surface area (TPSA) is 63.1 Å². The zero-order valence-electron chi connectivity index (χ0n) is 17.9. The van der Waals surface area contributed by atoms with Gasteiger partial charge in [0.25, 0.3) is 0 Å². The van der Waals surface area contributed by atoms with Gasteiger partial charge in [0.05, 0.1) is 10.3 Å². The van der Waals surface area contributed by atoms with Crippen LogP contribution in [-0.4, -0.2) is 33.8 Å². The van der Waals surface area contributed by atoms with Crippen LogP contribution in [0.5, 0.6) is 0 Å². The van der Waals surface area contributed by atoms with Gasteiger partial charge >= 0.3 is 0 Å². The van der Waals surface area contributed by atoms with Crippen molar-refractivity contribution in [3.05, 3.63) is 46.3 Å². The van der Waals surface area contributed by atoms with Gasteiger partial charge in [0.15, 0.2) is 5.82 Å². The number of hydrogen-bond acceptors (Lipinski definition) is 5. The molecule has 1 saturated heterocycles. The zero-order chi connectivity index (χ0) is 21.0. The molecule has 160 valence electrons. The van der Waals surface area contributed by atoms with E-state index in [-0.39, 0.29) is 5.91 Å². The van der Waals surface area contributed by atoms with Gasteiger partial charge in [-0.3, -0.25) is 9.36 Å². The summed E-state index contributed by atoms with van der Waals surface area (Å²) in [6.07, 6.45) is 8.42. The molecule has 31 heavy (non-hydrogen) atoms. The van der Waals surface area contributed by atoms with Gasteiger partial charge < -0.3 is 10.2 Å². The first-order chi connectivity index (χ1) is 15.2. The molecule has 2 aliphatic heterocycles. The van der Waals surface area contributed by atoms with E-state index in [0.717, 1.165) is 36.0 Å². The number of aromatic nitrogens is 3. The second-order valence-corrected chi connectivity index (χ2v) is 10.2. The van der Waals surface area contributed by atoms with Crippen molar-refractivity contribution in [2.24, 2.45) is 7.05 Å². The van der Waals surface area contributed by atoms with Gasteiger partial charge in [-0.1, -0.05) is 31.0 Å². The van der Waals surface area contributed by atoms with E-state index >= 15 is 0 Å². The summed E-state index contributed by atoms with van der Waals surface area (Å²) in [4.78, 5) is 17.9. The Bertz CT molecular complexity index is 1140. The molecule has 1 aromatic carbocycles. The Kier molecular flexibility index (Phi) is 4.42. The first kappa shape index (κ1) is 19.0. The summed E-state index contributed by atoms with van der Waals surface area (Å²) in [6.45, 7) is 1.44. The van der Waals surface area contributed by atoms with Gasteiger partial charge in [-0.25, -0.2) is 0 Å². The number of rotatable bonds is 2. The largest absolute Gasteiger partial charge is 0.339 e. The highest BCUT2D eigenvalue weighted by Crippen LogP contribution is 2.45. The Morgan fingerprint density at radius 2 is 1.94 bits per heavy atom. The highest BCUT2D eigenvalue weighted by atomic mass is 32.1. The summed E-state index contributed by atoms with van der Waals surface area (Å²) in [5, 5.41) is 12.2. The van der Waals surface area contributed by atoms with E-state index in [0.29, 0.717) is 6.54 Å². The molecule has 1 spiro atoms. The van der Waals surface area contributed by atoms with Crippen molar-refractivity contribution in [3.63, 3.8) is 0 Å². The second-order valence-electron chi connectivity index (χ2n) is 9.11. The lowest BCUT2D eigenvalue weighted by Gasteiger charge is -2.22. The van der Waals surface area contributed by atoms with Crippen LogP contribution in [0.15, 0.2) is 30.3 Å². The summed E-state index contributed by atoms with van der Waals surface area (Å²) in [5.74, 6) is 1.89. The van der Waals surface area contributed by atoms with Gasteiger partial charge in [-0.2, -0.15) is 0 Å². The Balaban J connectivity index is 1.30. The number of anilines is 2. The summed E-state index contributed by atoms with van der Waals surface area (Å²) in [5.41, 5.74) is 3.08. The molecule has 6 nitrogen and oxygen atoms in total. The number of fused-ring (bicyclic) bond motifs is 3. The van der Waals surface area contributed by atoms with E-state index in [9.17, 15) is 4.79 Å². The minimum absolute atomic E-state index is 0.108. The number of aryl methyl sites for hydroxylation is 2. The summed E-state index contributed by atoms with van der Waals surface area (Å²) in [7, 11) is 2.05. The predicted molar refractivity (Wildman–Crippen MR) is 124 cm³/mol. The van der Waals surface area contributed by atoms with Crippen LogP contribution in [0.1, 0.15) is 48.1 Å². The molecule has 0 bridgehead atoms. The molecule has 4 heterocycles. The first-order valence-electron chi connectivity index (χ1n) is 11.3. The highest BCUT2D eigenvalue weighted by molar-refractivity contribution is 7.15.